The summed E-state index contributed by atoms with van der Waals surface area (Å²) >= 11 is 0. The maximum Gasteiger partial charge on any atom is 0.127 e. The first-order chi connectivity index (χ1) is 10.0. The van der Waals surface area contributed by atoms with Crippen molar-refractivity contribution in [2.24, 2.45) is 0 Å². The van der Waals surface area contributed by atoms with Crippen molar-refractivity contribution in [3.8, 4) is 0 Å². The van der Waals surface area contributed by atoms with E-state index in [0.29, 0.717) is 6.54 Å². The number of anilines is 1. The molecular weight excluding hydrogens is 269 g/mol. The largest absolute Gasteiger partial charge is 0.394 e. The van der Waals surface area contributed by atoms with E-state index in [1.807, 2.05) is 26.0 Å². The van der Waals surface area contributed by atoms with Crippen LogP contribution in [-0.2, 0) is 6.54 Å². The highest BCUT2D eigenvalue weighted by Crippen LogP contribution is 2.21. The monoisotopic (exact) mass is 291 g/mol. The van der Waals surface area contributed by atoms with Gasteiger partial charge in [0.2, 0.25) is 0 Å². The van der Waals surface area contributed by atoms with Crippen LogP contribution < -0.4 is 5.32 Å². The molecule has 0 aliphatic carbocycles. The third-order valence-electron chi connectivity index (χ3n) is 3.75. The number of benzene rings is 1. The van der Waals surface area contributed by atoms with Gasteiger partial charge in [0.1, 0.15) is 11.6 Å². The van der Waals surface area contributed by atoms with E-state index in [1.165, 1.54) is 12.1 Å². The van der Waals surface area contributed by atoms with Gasteiger partial charge in [0.25, 0.3) is 0 Å². The first-order valence-electron chi connectivity index (χ1n) is 7.17. The fourth-order valence-corrected chi connectivity index (χ4v) is 2.31. The first-order valence-corrected chi connectivity index (χ1v) is 7.17. The summed E-state index contributed by atoms with van der Waals surface area (Å²) in [6.07, 6.45) is 0. The highest BCUT2D eigenvalue weighted by atomic mass is 19.1. The van der Waals surface area contributed by atoms with Gasteiger partial charge in [-0.25, -0.2) is 9.07 Å². The van der Waals surface area contributed by atoms with Crippen LogP contribution >= 0.6 is 0 Å². The number of hydrogen-bond acceptors (Lipinski definition) is 3. The van der Waals surface area contributed by atoms with Gasteiger partial charge in [-0.1, -0.05) is 19.1 Å². The van der Waals surface area contributed by atoms with Gasteiger partial charge in [-0.2, -0.15) is 5.10 Å². The van der Waals surface area contributed by atoms with Crippen molar-refractivity contribution in [1.29, 1.82) is 0 Å². The van der Waals surface area contributed by atoms with E-state index in [9.17, 15) is 4.39 Å². The van der Waals surface area contributed by atoms with E-state index >= 15 is 0 Å². The first kappa shape index (κ1) is 15.5. The third-order valence-corrected chi connectivity index (χ3v) is 3.75. The molecule has 2 aromatic rings. The number of aryl methyl sites for hydroxylation is 1. The molecule has 0 fully saturated rings. The number of hydrogen-bond donors (Lipinski definition) is 2. The molecule has 0 saturated heterocycles. The number of nitrogens with zero attached hydrogens (tertiary/aromatic N) is 2. The summed E-state index contributed by atoms with van der Waals surface area (Å²) in [6, 6.07) is 6.59. The van der Waals surface area contributed by atoms with E-state index in [2.05, 4.69) is 17.3 Å². The predicted octanol–water partition coefficient (Wildman–Crippen LogP) is 2.85. The Hall–Kier alpha value is -1.88. The molecule has 0 aliphatic heterocycles. The maximum atomic E-state index is 12.9. The van der Waals surface area contributed by atoms with Gasteiger partial charge in [-0.3, -0.25) is 0 Å². The molecule has 0 radical (unpaired) electrons. The topological polar surface area (TPSA) is 50.1 Å². The summed E-state index contributed by atoms with van der Waals surface area (Å²) in [7, 11) is 0. The SMILES string of the molecule is Cc1nn(CCO)c(NC[C@H](C)c2ccc(F)cc2)c1C. The minimum atomic E-state index is -0.216. The molecule has 0 unspecified atom stereocenters. The summed E-state index contributed by atoms with van der Waals surface area (Å²) in [5.41, 5.74) is 3.14. The lowest BCUT2D eigenvalue weighted by atomic mass is 10.0. The Morgan fingerprint density at radius 1 is 1.29 bits per heavy atom. The van der Waals surface area contributed by atoms with Crippen LogP contribution in [0.25, 0.3) is 0 Å². The molecule has 1 heterocycles. The van der Waals surface area contributed by atoms with Crippen molar-refractivity contribution in [3.63, 3.8) is 0 Å². The molecule has 0 amide bonds. The average Bonchev–Trinajstić information content (AvgIpc) is 2.73. The van der Waals surface area contributed by atoms with Gasteiger partial charge in [0.05, 0.1) is 18.8 Å². The van der Waals surface area contributed by atoms with E-state index < -0.39 is 0 Å². The zero-order valence-electron chi connectivity index (χ0n) is 12.7. The van der Waals surface area contributed by atoms with Crippen molar-refractivity contribution < 1.29 is 9.50 Å². The van der Waals surface area contributed by atoms with Gasteiger partial charge in [0, 0.05) is 12.1 Å². The van der Waals surface area contributed by atoms with Crippen LogP contribution in [0.5, 0.6) is 0 Å². The molecule has 1 aromatic carbocycles. The molecule has 21 heavy (non-hydrogen) atoms. The average molecular weight is 291 g/mol. The van der Waals surface area contributed by atoms with Crippen LogP contribution in [-0.4, -0.2) is 28.0 Å². The molecule has 1 atom stereocenters. The predicted molar refractivity (Wildman–Crippen MR) is 82.1 cm³/mol. The number of nitrogens with one attached hydrogen (secondary N) is 1. The van der Waals surface area contributed by atoms with Crippen molar-refractivity contribution in [2.75, 3.05) is 18.5 Å². The van der Waals surface area contributed by atoms with Gasteiger partial charge in [0.15, 0.2) is 0 Å². The minimum absolute atomic E-state index is 0.0583. The summed E-state index contributed by atoms with van der Waals surface area (Å²) in [5, 5.41) is 16.9. The molecule has 5 heteroatoms. The second-order valence-electron chi connectivity index (χ2n) is 5.34. The summed E-state index contributed by atoms with van der Waals surface area (Å²) < 4.78 is 14.7. The molecular formula is C16H22FN3O. The number of aliphatic hydroxyl groups excluding tert-OH is 1. The Bertz CT molecular complexity index is 592. The number of aromatic nitrogens is 2. The van der Waals surface area contributed by atoms with Gasteiger partial charge in [-0.05, 0) is 37.5 Å². The van der Waals surface area contributed by atoms with E-state index in [-0.39, 0.29) is 18.3 Å². The smallest absolute Gasteiger partial charge is 0.127 e. The van der Waals surface area contributed by atoms with E-state index in [1.54, 1.807) is 4.68 Å². The normalized spacial score (nSPS) is 12.4. The van der Waals surface area contributed by atoms with Crippen LogP contribution in [0.4, 0.5) is 10.2 Å². The second kappa shape index (κ2) is 6.72. The highest BCUT2D eigenvalue weighted by Gasteiger charge is 2.13. The van der Waals surface area contributed by atoms with Gasteiger partial charge in [-0.15, -0.1) is 0 Å². The Labute approximate surface area is 124 Å². The minimum Gasteiger partial charge on any atom is -0.394 e. The number of aliphatic hydroxyl groups is 1. The van der Waals surface area contributed by atoms with Crippen molar-refractivity contribution in [3.05, 3.63) is 46.9 Å². The lowest BCUT2D eigenvalue weighted by molar-refractivity contribution is 0.270. The Morgan fingerprint density at radius 3 is 2.57 bits per heavy atom. The molecule has 4 nitrogen and oxygen atoms in total. The fraction of sp³-hybridized carbons (Fsp3) is 0.438. The zero-order valence-corrected chi connectivity index (χ0v) is 12.7. The second-order valence-corrected chi connectivity index (χ2v) is 5.34. The van der Waals surface area contributed by atoms with Crippen LogP contribution in [0.1, 0.15) is 29.7 Å². The van der Waals surface area contributed by atoms with E-state index in [0.717, 1.165) is 29.2 Å². The lowest BCUT2D eigenvalue weighted by Gasteiger charge is -2.15. The fourth-order valence-electron chi connectivity index (χ4n) is 2.31. The summed E-state index contributed by atoms with van der Waals surface area (Å²) in [6.45, 7) is 7.32. The zero-order chi connectivity index (χ0) is 15.4. The molecule has 2 rings (SSSR count). The third kappa shape index (κ3) is 3.61. The molecule has 0 bridgehead atoms. The van der Waals surface area contributed by atoms with Crippen molar-refractivity contribution >= 4 is 5.82 Å². The standard InChI is InChI=1S/C16H22FN3O/c1-11(14-4-6-15(17)7-5-14)10-18-16-12(2)13(3)19-20(16)8-9-21/h4-7,11,18,21H,8-10H2,1-3H3/t11-/m0/s1. The number of rotatable bonds is 6. The Morgan fingerprint density at radius 2 is 1.95 bits per heavy atom. The molecule has 2 N–H and O–H groups in total. The quantitative estimate of drug-likeness (QED) is 0.860. The summed E-state index contributed by atoms with van der Waals surface area (Å²) in [5.74, 6) is 0.977. The van der Waals surface area contributed by atoms with Gasteiger partial charge >= 0.3 is 0 Å². The number of halogens is 1. The Kier molecular flexibility index (Phi) is 4.96. The van der Waals surface area contributed by atoms with Crippen molar-refractivity contribution in [1.82, 2.24) is 9.78 Å². The van der Waals surface area contributed by atoms with Crippen LogP contribution in [0.2, 0.25) is 0 Å². The van der Waals surface area contributed by atoms with Crippen LogP contribution in [0, 0.1) is 19.7 Å². The van der Waals surface area contributed by atoms with Crippen LogP contribution in [0.15, 0.2) is 24.3 Å². The summed E-state index contributed by atoms with van der Waals surface area (Å²) in [4.78, 5) is 0. The Balaban J connectivity index is 2.07. The van der Waals surface area contributed by atoms with E-state index in [4.69, 9.17) is 5.11 Å². The van der Waals surface area contributed by atoms with Crippen molar-refractivity contribution in [2.45, 2.75) is 33.2 Å². The highest BCUT2D eigenvalue weighted by molar-refractivity contribution is 5.47. The molecule has 0 saturated carbocycles. The molecule has 1 aromatic heterocycles. The molecule has 114 valence electrons. The maximum absolute atomic E-state index is 12.9. The molecule has 0 spiro atoms. The van der Waals surface area contributed by atoms with Gasteiger partial charge < -0.3 is 10.4 Å². The lowest BCUT2D eigenvalue weighted by Crippen LogP contribution is -2.15. The van der Waals surface area contributed by atoms with Crippen LogP contribution in [0.3, 0.4) is 0 Å². The molecule has 0 aliphatic rings.